The molecule has 1 aliphatic heterocycles. The van der Waals surface area contributed by atoms with E-state index in [-0.39, 0.29) is 11.6 Å². The van der Waals surface area contributed by atoms with Crippen molar-refractivity contribution >= 4 is 17.7 Å². The molecule has 2 aromatic carbocycles. The van der Waals surface area contributed by atoms with Crippen LogP contribution < -0.4 is 10.2 Å². The van der Waals surface area contributed by atoms with E-state index in [1.807, 2.05) is 18.2 Å². The summed E-state index contributed by atoms with van der Waals surface area (Å²) in [6.45, 7) is 3.85. The summed E-state index contributed by atoms with van der Waals surface area (Å²) >= 11 is 0. The van der Waals surface area contributed by atoms with Crippen LogP contribution in [0.4, 0.5) is 5.69 Å². The van der Waals surface area contributed by atoms with E-state index in [4.69, 9.17) is 0 Å². The molecule has 1 amide bonds. The van der Waals surface area contributed by atoms with E-state index >= 15 is 0 Å². The van der Waals surface area contributed by atoms with E-state index in [0.717, 1.165) is 12.1 Å². The van der Waals surface area contributed by atoms with E-state index in [1.165, 1.54) is 49.7 Å². The van der Waals surface area contributed by atoms with Gasteiger partial charge in [-0.3, -0.25) is 14.9 Å². The van der Waals surface area contributed by atoms with Crippen LogP contribution in [0.15, 0.2) is 54.6 Å². The first-order valence-corrected chi connectivity index (χ1v) is 9.23. The zero-order chi connectivity index (χ0) is 19.1. The molecule has 6 nitrogen and oxygen atoms in total. The van der Waals surface area contributed by atoms with Gasteiger partial charge >= 0.3 is 0 Å². The second-order valence-electron chi connectivity index (χ2n) is 6.77. The van der Waals surface area contributed by atoms with Crippen LogP contribution >= 0.6 is 0 Å². The molecule has 1 fully saturated rings. The van der Waals surface area contributed by atoms with E-state index in [9.17, 15) is 14.9 Å². The zero-order valence-electron chi connectivity index (χ0n) is 15.2. The van der Waals surface area contributed by atoms with Crippen molar-refractivity contribution in [3.8, 4) is 0 Å². The molecule has 0 spiro atoms. The molecule has 2 N–H and O–H groups in total. The minimum Gasteiger partial charge on any atom is -0.348 e. The van der Waals surface area contributed by atoms with Gasteiger partial charge in [0, 0.05) is 37.1 Å². The summed E-state index contributed by atoms with van der Waals surface area (Å²) in [5.74, 6) is -0.267. The van der Waals surface area contributed by atoms with Gasteiger partial charge in [0.05, 0.1) is 23.6 Å². The first kappa shape index (κ1) is 18.8. The average Bonchev–Trinajstić information content (AvgIpc) is 3.19. The normalized spacial score (nSPS) is 14.5. The monoisotopic (exact) mass is 366 g/mol. The number of rotatable bonds is 7. The van der Waals surface area contributed by atoms with Gasteiger partial charge in [0.25, 0.3) is 5.69 Å². The number of hydrogen-bond donors (Lipinski definition) is 2. The molecular weight excluding hydrogens is 342 g/mol. The number of amides is 1. The van der Waals surface area contributed by atoms with Gasteiger partial charge in [-0.15, -0.1) is 0 Å². The highest BCUT2D eigenvalue weighted by Crippen LogP contribution is 2.18. The maximum atomic E-state index is 12.2. The van der Waals surface area contributed by atoms with E-state index < -0.39 is 4.92 Å². The zero-order valence-corrected chi connectivity index (χ0v) is 15.2. The van der Waals surface area contributed by atoms with Crippen molar-refractivity contribution in [2.45, 2.75) is 25.9 Å². The lowest BCUT2D eigenvalue weighted by molar-refractivity contribution is -0.901. The molecule has 1 saturated heterocycles. The van der Waals surface area contributed by atoms with Crippen LogP contribution in [0, 0.1) is 10.1 Å². The van der Waals surface area contributed by atoms with Crippen LogP contribution in [0.5, 0.6) is 0 Å². The molecular formula is C21H24N3O3+. The van der Waals surface area contributed by atoms with Gasteiger partial charge in [-0.25, -0.2) is 0 Å². The molecule has 6 heteroatoms. The van der Waals surface area contributed by atoms with Crippen molar-refractivity contribution in [3.05, 3.63) is 81.4 Å². The maximum Gasteiger partial charge on any atom is 0.276 e. The van der Waals surface area contributed by atoms with Crippen molar-refractivity contribution in [2.24, 2.45) is 0 Å². The third kappa shape index (κ3) is 5.24. The predicted molar refractivity (Wildman–Crippen MR) is 104 cm³/mol. The fourth-order valence-electron chi connectivity index (χ4n) is 3.42. The lowest BCUT2D eigenvalue weighted by Gasteiger charge is -2.15. The molecule has 2 aromatic rings. The number of carbonyl (C=O) groups excluding carboxylic acids is 1. The second-order valence-corrected chi connectivity index (χ2v) is 6.77. The molecule has 0 unspecified atom stereocenters. The predicted octanol–water partition coefficient (Wildman–Crippen LogP) is 2.10. The Balaban J connectivity index is 1.60. The largest absolute Gasteiger partial charge is 0.348 e. The number of hydrogen-bond acceptors (Lipinski definition) is 3. The number of carbonyl (C=O) groups is 1. The molecule has 0 radical (unpaired) electrons. The second kappa shape index (κ2) is 9.09. The maximum absolute atomic E-state index is 12.2. The van der Waals surface area contributed by atoms with Gasteiger partial charge in [-0.05, 0) is 17.7 Å². The number of nitrogens with one attached hydrogen (secondary N) is 2. The Kier molecular flexibility index (Phi) is 6.33. The summed E-state index contributed by atoms with van der Waals surface area (Å²) in [4.78, 5) is 24.3. The van der Waals surface area contributed by atoms with Crippen LogP contribution in [-0.2, 0) is 17.9 Å². The number of likely N-dealkylation sites (tertiary alicyclic amines) is 1. The summed E-state index contributed by atoms with van der Waals surface area (Å²) < 4.78 is 0. The van der Waals surface area contributed by atoms with Crippen LogP contribution in [-0.4, -0.2) is 23.9 Å². The molecule has 0 saturated carbocycles. The summed E-state index contributed by atoms with van der Waals surface area (Å²) in [6.07, 6.45) is 5.39. The molecule has 140 valence electrons. The van der Waals surface area contributed by atoms with Crippen LogP contribution in [0.3, 0.4) is 0 Å². The molecule has 27 heavy (non-hydrogen) atoms. The Hall–Kier alpha value is -2.99. The van der Waals surface area contributed by atoms with Crippen molar-refractivity contribution in [3.63, 3.8) is 0 Å². The first-order valence-electron chi connectivity index (χ1n) is 9.23. The Bertz CT molecular complexity index is 842. The fraction of sp³-hybridized carbons (Fsp3) is 0.286. The summed E-state index contributed by atoms with van der Waals surface area (Å²) in [5, 5.41) is 13.9. The Morgan fingerprint density at radius 1 is 1.07 bits per heavy atom. The van der Waals surface area contributed by atoms with Crippen LogP contribution in [0.1, 0.15) is 29.5 Å². The number of para-hydroxylation sites is 1. The van der Waals surface area contributed by atoms with Gasteiger partial charge < -0.3 is 10.2 Å². The number of nitro groups is 1. The number of nitro benzene ring substituents is 1. The highest BCUT2D eigenvalue weighted by Gasteiger charge is 2.17. The molecule has 0 aromatic heterocycles. The molecule has 0 aliphatic carbocycles. The minimum absolute atomic E-state index is 0.0134. The number of nitrogens with zero attached hydrogens (tertiary/aromatic N) is 1. The third-order valence-electron chi connectivity index (χ3n) is 4.87. The molecule has 0 bridgehead atoms. The average molecular weight is 366 g/mol. The van der Waals surface area contributed by atoms with Gasteiger partial charge in [0.1, 0.15) is 6.54 Å². The van der Waals surface area contributed by atoms with Gasteiger partial charge in [0.15, 0.2) is 0 Å². The SMILES string of the molecule is O=C(/C=C/c1ccccc1[N+](=O)[O-])NCc1ccccc1C[NH+]1CCCC1. The highest BCUT2D eigenvalue weighted by molar-refractivity contribution is 5.92. The van der Waals surface area contributed by atoms with Crippen molar-refractivity contribution in [1.82, 2.24) is 5.32 Å². The summed E-state index contributed by atoms with van der Waals surface area (Å²) in [6, 6.07) is 14.5. The standard InChI is InChI=1S/C21H23N3O3/c25-21(12-11-17-7-3-4-10-20(17)24(26)27)22-15-18-8-1-2-9-19(18)16-23-13-5-6-14-23/h1-4,7-12H,5-6,13-16H2,(H,22,25)/p+1/b12-11+. The fourth-order valence-corrected chi connectivity index (χ4v) is 3.42. The molecule has 1 heterocycles. The van der Waals surface area contributed by atoms with E-state index in [2.05, 4.69) is 11.4 Å². The van der Waals surface area contributed by atoms with Crippen molar-refractivity contribution in [2.75, 3.05) is 13.1 Å². The van der Waals surface area contributed by atoms with Crippen molar-refractivity contribution < 1.29 is 14.6 Å². The summed E-state index contributed by atoms with van der Waals surface area (Å²) in [5.41, 5.74) is 2.78. The number of quaternary nitrogens is 1. The van der Waals surface area contributed by atoms with Crippen LogP contribution in [0.25, 0.3) is 6.08 Å². The van der Waals surface area contributed by atoms with Crippen LogP contribution in [0.2, 0.25) is 0 Å². The molecule has 3 rings (SSSR count). The Labute approximate surface area is 158 Å². The molecule has 1 aliphatic rings. The quantitative estimate of drug-likeness (QED) is 0.448. The highest BCUT2D eigenvalue weighted by atomic mass is 16.6. The van der Waals surface area contributed by atoms with Crippen molar-refractivity contribution in [1.29, 1.82) is 0 Å². The Morgan fingerprint density at radius 2 is 1.74 bits per heavy atom. The number of benzene rings is 2. The lowest BCUT2D eigenvalue weighted by Crippen LogP contribution is -3.08. The lowest BCUT2D eigenvalue weighted by atomic mass is 10.1. The van der Waals surface area contributed by atoms with Gasteiger partial charge in [-0.1, -0.05) is 36.4 Å². The topological polar surface area (TPSA) is 76.7 Å². The summed E-state index contributed by atoms with van der Waals surface area (Å²) in [7, 11) is 0. The van der Waals surface area contributed by atoms with E-state index in [1.54, 1.807) is 23.1 Å². The van der Waals surface area contributed by atoms with Gasteiger partial charge in [0.2, 0.25) is 5.91 Å². The Morgan fingerprint density at radius 3 is 2.48 bits per heavy atom. The van der Waals surface area contributed by atoms with E-state index in [0.29, 0.717) is 12.1 Å². The molecule has 0 atom stereocenters. The minimum atomic E-state index is -0.450. The van der Waals surface area contributed by atoms with Gasteiger partial charge in [-0.2, -0.15) is 0 Å². The smallest absolute Gasteiger partial charge is 0.276 e. The first-order chi connectivity index (χ1) is 13.1. The third-order valence-corrected chi connectivity index (χ3v) is 4.87.